The summed E-state index contributed by atoms with van der Waals surface area (Å²) in [6, 6.07) is 15.6. The number of nitrogens with zero attached hydrogens (tertiary/aromatic N) is 2. The van der Waals surface area contributed by atoms with Crippen LogP contribution in [0.4, 0.5) is 5.82 Å². The van der Waals surface area contributed by atoms with Gasteiger partial charge in [0.25, 0.3) is 0 Å². The van der Waals surface area contributed by atoms with Gasteiger partial charge in [-0.2, -0.15) is 0 Å². The number of benzene rings is 2. The minimum atomic E-state index is -0.355. The largest absolute Gasteiger partial charge is 0.468 e. The highest BCUT2D eigenvalue weighted by Crippen LogP contribution is 2.19. The molecule has 0 amide bonds. The van der Waals surface area contributed by atoms with Gasteiger partial charge in [-0.25, -0.2) is 9.97 Å². The molecule has 7 heteroatoms. The number of ether oxygens (including phenoxy) is 1. The molecule has 3 aromatic rings. The number of methoxy groups -OCH3 is 1. The number of para-hydroxylation sites is 1. The Balaban J connectivity index is 0.000000254. The van der Waals surface area contributed by atoms with Gasteiger partial charge in [0, 0.05) is 10.3 Å². The van der Waals surface area contributed by atoms with E-state index >= 15 is 0 Å². The topological polar surface area (TPSA) is 90.1 Å². The first-order chi connectivity index (χ1) is 12.5. The van der Waals surface area contributed by atoms with E-state index in [2.05, 4.69) is 32.7 Å². The maximum absolute atomic E-state index is 11.1. The van der Waals surface area contributed by atoms with E-state index < -0.39 is 0 Å². The second kappa shape index (κ2) is 9.74. The molecule has 3 rings (SSSR count). The van der Waals surface area contributed by atoms with Crippen molar-refractivity contribution in [2.45, 2.75) is 18.4 Å². The predicted octanol–water partition coefficient (Wildman–Crippen LogP) is 2.96. The van der Waals surface area contributed by atoms with E-state index in [1.165, 1.54) is 12.7 Å². The SMILES string of the molecule is COC(=O)CNc1nc(CN)nc2ccccc12.Cc1ccccc1S. The molecule has 0 saturated carbocycles. The van der Waals surface area contributed by atoms with Crippen LogP contribution in [-0.2, 0) is 16.1 Å². The number of carbonyl (C=O) groups excluding carboxylic acids is 1. The number of nitrogens with one attached hydrogen (secondary N) is 1. The maximum Gasteiger partial charge on any atom is 0.325 e. The molecule has 0 aliphatic heterocycles. The molecule has 0 aliphatic rings. The molecule has 2 aromatic carbocycles. The number of anilines is 1. The third-order valence-corrected chi connectivity index (χ3v) is 4.08. The highest BCUT2D eigenvalue weighted by Gasteiger charge is 2.08. The van der Waals surface area contributed by atoms with Crippen molar-refractivity contribution in [3.05, 3.63) is 59.9 Å². The van der Waals surface area contributed by atoms with Gasteiger partial charge in [0.2, 0.25) is 0 Å². The van der Waals surface area contributed by atoms with E-state index in [9.17, 15) is 4.79 Å². The summed E-state index contributed by atoms with van der Waals surface area (Å²) < 4.78 is 4.57. The van der Waals surface area contributed by atoms with Crippen LogP contribution in [0.25, 0.3) is 10.9 Å². The molecule has 1 heterocycles. The molecule has 136 valence electrons. The molecule has 0 bridgehead atoms. The average Bonchev–Trinajstić information content (AvgIpc) is 2.68. The molecule has 0 spiro atoms. The Hall–Kier alpha value is -2.64. The van der Waals surface area contributed by atoms with Crippen LogP contribution in [0.5, 0.6) is 0 Å². The smallest absolute Gasteiger partial charge is 0.325 e. The number of aromatic nitrogens is 2. The lowest BCUT2D eigenvalue weighted by Gasteiger charge is -2.09. The highest BCUT2D eigenvalue weighted by molar-refractivity contribution is 7.80. The van der Waals surface area contributed by atoms with Crippen molar-refractivity contribution in [1.29, 1.82) is 0 Å². The number of carbonyl (C=O) groups is 1. The minimum absolute atomic E-state index is 0.0571. The van der Waals surface area contributed by atoms with Crippen molar-refractivity contribution in [3.63, 3.8) is 0 Å². The number of thiol groups is 1. The number of aryl methyl sites for hydroxylation is 1. The van der Waals surface area contributed by atoms with Gasteiger partial charge < -0.3 is 15.8 Å². The van der Waals surface area contributed by atoms with Gasteiger partial charge in [-0.15, -0.1) is 12.6 Å². The van der Waals surface area contributed by atoms with Gasteiger partial charge in [-0.3, -0.25) is 4.79 Å². The van der Waals surface area contributed by atoms with Crippen LogP contribution < -0.4 is 11.1 Å². The van der Waals surface area contributed by atoms with Gasteiger partial charge >= 0.3 is 5.97 Å². The standard InChI is InChI=1S/C12H14N4O2.C7H8S/c1-18-11(17)7-14-12-8-4-2-3-5-9(8)15-10(6-13)16-12;1-6-4-2-3-5-7(6)8/h2-5H,6-7,13H2,1H3,(H,14,15,16);2-5,8H,1H3. The van der Waals surface area contributed by atoms with Crippen LogP contribution in [0.1, 0.15) is 11.4 Å². The molecule has 0 radical (unpaired) electrons. The van der Waals surface area contributed by atoms with Gasteiger partial charge in [0.05, 0.1) is 19.2 Å². The summed E-state index contributed by atoms with van der Waals surface area (Å²) in [6.07, 6.45) is 0. The van der Waals surface area contributed by atoms with E-state index in [0.29, 0.717) is 11.6 Å². The predicted molar refractivity (Wildman–Crippen MR) is 106 cm³/mol. The summed E-state index contributed by atoms with van der Waals surface area (Å²) in [5.41, 5.74) is 7.57. The maximum atomic E-state index is 11.1. The van der Waals surface area contributed by atoms with Gasteiger partial charge in [0.1, 0.15) is 18.2 Å². The number of hydrogen-bond acceptors (Lipinski definition) is 7. The summed E-state index contributed by atoms with van der Waals surface area (Å²) in [6.45, 7) is 2.35. The van der Waals surface area contributed by atoms with E-state index in [4.69, 9.17) is 5.73 Å². The molecule has 0 aliphatic carbocycles. The van der Waals surface area contributed by atoms with Crippen LogP contribution in [0.3, 0.4) is 0 Å². The Morgan fingerprint density at radius 3 is 2.46 bits per heavy atom. The van der Waals surface area contributed by atoms with Crippen molar-refractivity contribution in [2.75, 3.05) is 19.0 Å². The number of esters is 1. The average molecular weight is 370 g/mol. The van der Waals surface area contributed by atoms with Crippen LogP contribution in [-0.4, -0.2) is 29.6 Å². The highest BCUT2D eigenvalue weighted by atomic mass is 32.1. The third kappa shape index (κ3) is 5.44. The van der Waals surface area contributed by atoms with Crippen LogP contribution >= 0.6 is 12.6 Å². The van der Waals surface area contributed by atoms with Gasteiger partial charge in [-0.05, 0) is 30.7 Å². The molecule has 0 atom stereocenters. The molecule has 26 heavy (non-hydrogen) atoms. The van der Waals surface area contributed by atoms with Crippen molar-refractivity contribution in [2.24, 2.45) is 5.73 Å². The number of fused-ring (bicyclic) bond motifs is 1. The summed E-state index contributed by atoms with van der Waals surface area (Å²) in [5.74, 6) is 0.763. The monoisotopic (exact) mass is 370 g/mol. The lowest BCUT2D eigenvalue weighted by Crippen LogP contribution is -2.17. The number of hydrogen-bond donors (Lipinski definition) is 3. The molecule has 0 saturated heterocycles. The molecule has 0 fully saturated rings. The van der Waals surface area contributed by atoms with Crippen molar-refractivity contribution >= 4 is 35.3 Å². The fraction of sp³-hybridized carbons (Fsp3) is 0.211. The van der Waals surface area contributed by atoms with Gasteiger partial charge in [0.15, 0.2) is 0 Å². The van der Waals surface area contributed by atoms with Crippen molar-refractivity contribution < 1.29 is 9.53 Å². The first-order valence-electron chi connectivity index (χ1n) is 8.06. The number of nitrogens with two attached hydrogens (primary N) is 1. The summed E-state index contributed by atoms with van der Waals surface area (Å²) in [5, 5.41) is 3.78. The minimum Gasteiger partial charge on any atom is -0.468 e. The Morgan fingerprint density at radius 1 is 1.15 bits per heavy atom. The third-order valence-electron chi connectivity index (χ3n) is 3.58. The molecule has 6 nitrogen and oxygen atoms in total. The van der Waals surface area contributed by atoms with Crippen LogP contribution in [0, 0.1) is 6.92 Å². The van der Waals surface area contributed by atoms with E-state index in [1.54, 1.807) is 0 Å². The molecule has 0 unspecified atom stereocenters. The zero-order valence-corrected chi connectivity index (χ0v) is 15.7. The quantitative estimate of drug-likeness (QED) is 0.483. The van der Waals surface area contributed by atoms with Crippen molar-refractivity contribution in [1.82, 2.24) is 9.97 Å². The second-order valence-corrected chi connectivity index (χ2v) is 5.91. The molecule has 1 aromatic heterocycles. The van der Waals surface area contributed by atoms with Crippen LogP contribution in [0.2, 0.25) is 0 Å². The summed E-state index contributed by atoms with van der Waals surface area (Å²) in [4.78, 5) is 20.8. The first-order valence-corrected chi connectivity index (χ1v) is 8.51. The zero-order chi connectivity index (χ0) is 18.9. The van der Waals surface area contributed by atoms with Crippen molar-refractivity contribution in [3.8, 4) is 0 Å². The normalized spacial score (nSPS) is 10.0. The Bertz CT molecular complexity index is 865. The Labute approximate surface area is 158 Å². The molecule has 3 N–H and O–H groups in total. The lowest BCUT2D eigenvalue weighted by molar-refractivity contribution is -0.138. The molecular formula is C19H22N4O2S. The number of rotatable bonds is 4. The lowest BCUT2D eigenvalue weighted by atomic mass is 10.2. The van der Waals surface area contributed by atoms with E-state index in [-0.39, 0.29) is 19.1 Å². The van der Waals surface area contributed by atoms with Gasteiger partial charge in [-0.1, -0.05) is 30.3 Å². The first kappa shape index (κ1) is 19.7. The van der Waals surface area contributed by atoms with Crippen LogP contribution in [0.15, 0.2) is 53.4 Å². The summed E-state index contributed by atoms with van der Waals surface area (Å²) in [7, 11) is 1.34. The summed E-state index contributed by atoms with van der Waals surface area (Å²) >= 11 is 4.20. The fourth-order valence-corrected chi connectivity index (χ4v) is 2.30. The Kier molecular flexibility index (Phi) is 7.37. The second-order valence-electron chi connectivity index (χ2n) is 5.43. The fourth-order valence-electron chi connectivity index (χ4n) is 2.14. The molecular weight excluding hydrogens is 348 g/mol. The van der Waals surface area contributed by atoms with E-state index in [1.807, 2.05) is 55.5 Å². The van der Waals surface area contributed by atoms with E-state index in [0.717, 1.165) is 15.8 Å². The Morgan fingerprint density at radius 2 is 1.85 bits per heavy atom. The zero-order valence-electron chi connectivity index (χ0n) is 14.8.